The first-order valence-corrected chi connectivity index (χ1v) is 9.81. The van der Waals surface area contributed by atoms with Crippen molar-refractivity contribution < 1.29 is 14.3 Å². The van der Waals surface area contributed by atoms with E-state index >= 15 is 0 Å². The number of rotatable bonds is 4. The SMILES string of the molecule is COc1ccc(C2C3=C(CCCC3=O)Nc3nc(-c4ccncc4)nn32)cc1OC. The standard InChI is InChI=1S/C22H21N5O3/c1-29-17-7-6-14(12-18(17)30-2)20-19-15(4-3-5-16(19)28)24-22-25-21(26-27(20)22)13-8-10-23-11-9-13/h6-12,20H,3-5H2,1-2H3,(H,24,25,26). The summed E-state index contributed by atoms with van der Waals surface area (Å²) in [5.41, 5.74) is 3.42. The third kappa shape index (κ3) is 2.92. The van der Waals surface area contributed by atoms with Crippen LogP contribution in [0.1, 0.15) is 30.9 Å². The van der Waals surface area contributed by atoms with Crippen molar-refractivity contribution in [1.29, 1.82) is 0 Å². The van der Waals surface area contributed by atoms with Crippen LogP contribution in [0, 0.1) is 0 Å². The number of pyridine rings is 1. The highest BCUT2D eigenvalue weighted by atomic mass is 16.5. The van der Waals surface area contributed by atoms with E-state index in [0.717, 1.165) is 35.2 Å². The number of anilines is 1. The normalized spacial score (nSPS) is 17.8. The van der Waals surface area contributed by atoms with Crippen LogP contribution < -0.4 is 14.8 Å². The van der Waals surface area contributed by atoms with Crippen molar-refractivity contribution in [2.24, 2.45) is 0 Å². The van der Waals surface area contributed by atoms with Gasteiger partial charge in [-0.1, -0.05) is 6.07 Å². The lowest BCUT2D eigenvalue weighted by Gasteiger charge is -2.32. The molecule has 3 heterocycles. The number of benzene rings is 1. The molecule has 1 unspecified atom stereocenters. The van der Waals surface area contributed by atoms with Crippen molar-refractivity contribution in [2.75, 3.05) is 19.5 Å². The molecule has 1 atom stereocenters. The van der Waals surface area contributed by atoms with Gasteiger partial charge < -0.3 is 14.8 Å². The van der Waals surface area contributed by atoms with Crippen molar-refractivity contribution in [3.8, 4) is 22.9 Å². The molecular formula is C22H21N5O3. The zero-order valence-electron chi connectivity index (χ0n) is 16.8. The Morgan fingerprint density at radius 3 is 2.63 bits per heavy atom. The van der Waals surface area contributed by atoms with Gasteiger partial charge in [-0.3, -0.25) is 9.78 Å². The van der Waals surface area contributed by atoms with Gasteiger partial charge in [0.05, 0.1) is 14.2 Å². The van der Waals surface area contributed by atoms with Crippen LogP contribution in [0.2, 0.25) is 0 Å². The molecule has 8 nitrogen and oxygen atoms in total. The first kappa shape index (κ1) is 18.4. The molecule has 1 aromatic carbocycles. The van der Waals surface area contributed by atoms with Crippen LogP contribution in [0.5, 0.6) is 11.5 Å². The molecule has 0 saturated heterocycles. The molecule has 0 radical (unpaired) electrons. The van der Waals surface area contributed by atoms with Gasteiger partial charge in [-0.15, -0.1) is 5.10 Å². The lowest BCUT2D eigenvalue weighted by Crippen LogP contribution is -2.31. The summed E-state index contributed by atoms with van der Waals surface area (Å²) in [5, 5.41) is 8.11. The zero-order valence-corrected chi connectivity index (χ0v) is 16.8. The van der Waals surface area contributed by atoms with E-state index < -0.39 is 0 Å². The van der Waals surface area contributed by atoms with Gasteiger partial charge in [-0.2, -0.15) is 4.98 Å². The van der Waals surface area contributed by atoms with Crippen LogP contribution in [0.4, 0.5) is 5.95 Å². The van der Waals surface area contributed by atoms with Gasteiger partial charge in [0, 0.05) is 35.6 Å². The second-order valence-corrected chi connectivity index (χ2v) is 7.25. The summed E-state index contributed by atoms with van der Waals surface area (Å²) in [6.45, 7) is 0. The predicted octanol–water partition coefficient (Wildman–Crippen LogP) is 3.38. The van der Waals surface area contributed by atoms with E-state index in [1.54, 1.807) is 31.3 Å². The average Bonchev–Trinajstić information content (AvgIpc) is 3.22. The van der Waals surface area contributed by atoms with Crippen molar-refractivity contribution in [1.82, 2.24) is 19.7 Å². The molecule has 0 bridgehead atoms. The molecule has 0 spiro atoms. The summed E-state index contributed by atoms with van der Waals surface area (Å²) in [4.78, 5) is 21.7. The number of nitrogens with one attached hydrogen (secondary N) is 1. The number of ether oxygens (including phenoxy) is 2. The second-order valence-electron chi connectivity index (χ2n) is 7.25. The maximum absolute atomic E-state index is 13.0. The number of Topliss-reactive ketones (excluding diaryl/α,β-unsaturated/α-hetero) is 1. The highest BCUT2D eigenvalue weighted by molar-refractivity contribution is 5.99. The topological polar surface area (TPSA) is 91.2 Å². The molecule has 1 N–H and O–H groups in total. The molecule has 2 aliphatic rings. The average molecular weight is 403 g/mol. The molecule has 152 valence electrons. The molecule has 0 fully saturated rings. The van der Waals surface area contributed by atoms with Crippen LogP contribution in [-0.4, -0.2) is 39.8 Å². The number of aromatic nitrogens is 4. The summed E-state index contributed by atoms with van der Waals surface area (Å²) in [6.07, 6.45) is 5.59. The molecule has 0 amide bonds. The summed E-state index contributed by atoms with van der Waals surface area (Å²) in [7, 11) is 3.20. The Morgan fingerprint density at radius 2 is 1.87 bits per heavy atom. The van der Waals surface area contributed by atoms with E-state index in [0.29, 0.717) is 29.7 Å². The van der Waals surface area contributed by atoms with Crippen molar-refractivity contribution in [3.63, 3.8) is 0 Å². The molecule has 8 heteroatoms. The molecule has 5 rings (SSSR count). The van der Waals surface area contributed by atoms with E-state index in [-0.39, 0.29) is 11.8 Å². The third-order valence-corrected chi connectivity index (χ3v) is 5.53. The molecule has 1 aliphatic carbocycles. The van der Waals surface area contributed by atoms with Gasteiger partial charge in [0.15, 0.2) is 23.1 Å². The molecule has 1 aliphatic heterocycles. The second kappa shape index (κ2) is 7.29. The van der Waals surface area contributed by atoms with E-state index in [4.69, 9.17) is 19.6 Å². The number of methoxy groups -OCH3 is 2. The fraction of sp³-hybridized carbons (Fsp3) is 0.273. The zero-order chi connectivity index (χ0) is 20.7. The number of allylic oxidation sites excluding steroid dienone is 2. The molecule has 3 aromatic rings. The van der Waals surface area contributed by atoms with Crippen molar-refractivity contribution >= 4 is 11.7 Å². The monoisotopic (exact) mass is 403 g/mol. The molecule has 0 saturated carbocycles. The quantitative estimate of drug-likeness (QED) is 0.714. The highest BCUT2D eigenvalue weighted by Crippen LogP contribution is 2.42. The lowest BCUT2D eigenvalue weighted by molar-refractivity contribution is -0.116. The maximum Gasteiger partial charge on any atom is 0.226 e. The number of hydrogen-bond acceptors (Lipinski definition) is 7. The summed E-state index contributed by atoms with van der Waals surface area (Å²) >= 11 is 0. The summed E-state index contributed by atoms with van der Waals surface area (Å²) in [6, 6.07) is 9.05. The Balaban J connectivity index is 1.68. The minimum atomic E-state index is -0.382. The Bertz CT molecular complexity index is 1150. The van der Waals surface area contributed by atoms with Gasteiger partial charge in [0.1, 0.15) is 6.04 Å². The van der Waals surface area contributed by atoms with Gasteiger partial charge in [0.2, 0.25) is 5.95 Å². The number of carbonyl (C=O) groups is 1. The fourth-order valence-corrected chi connectivity index (χ4v) is 4.11. The first-order valence-electron chi connectivity index (χ1n) is 9.81. The Kier molecular flexibility index (Phi) is 4.46. The smallest absolute Gasteiger partial charge is 0.226 e. The Hall–Kier alpha value is -3.68. The van der Waals surface area contributed by atoms with Crippen LogP contribution in [-0.2, 0) is 4.79 Å². The van der Waals surface area contributed by atoms with Gasteiger partial charge in [-0.05, 0) is 42.7 Å². The van der Waals surface area contributed by atoms with Crippen LogP contribution in [0.25, 0.3) is 11.4 Å². The first-order chi connectivity index (χ1) is 14.7. The number of carbonyl (C=O) groups excluding carboxylic acids is 1. The summed E-state index contributed by atoms with van der Waals surface area (Å²) < 4.78 is 12.7. The van der Waals surface area contributed by atoms with Crippen molar-refractivity contribution in [3.05, 3.63) is 59.6 Å². The minimum Gasteiger partial charge on any atom is -0.493 e. The molecule has 30 heavy (non-hydrogen) atoms. The maximum atomic E-state index is 13.0. The van der Waals surface area contributed by atoms with Crippen molar-refractivity contribution in [2.45, 2.75) is 25.3 Å². The van der Waals surface area contributed by atoms with E-state index in [9.17, 15) is 4.79 Å². The van der Waals surface area contributed by atoms with Crippen LogP contribution >= 0.6 is 0 Å². The highest BCUT2D eigenvalue weighted by Gasteiger charge is 2.37. The number of fused-ring (bicyclic) bond motifs is 1. The van der Waals surface area contributed by atoms with Gasteiger partial charge in [-0.25, -0.2) is 4.68 Å². The minimum absolute atomic E-state index is 0.134. The number of nitrogens with zero attached hydrogens (tertiary/aromatic N) is 4. The number of hydrogen-bond donors (Lipinski definition) is 1. The van der Waals surface area contributed by atoms with E-state index in [1.807, 2.05) is 30.3 Å². The molecular weight excluding hydrogens is 382 g/mol. The largest absolute Gasteiger partial charge is 0.493 e. The third-order valence-electron chi connectivity index (χ3n) is 5.53. The van der Waals surface area contributed by atoms with E-state index in [1.165, 1.54) is 0 Å². The Labute approximate surface area is 173 Å². The van der Waals surface area contributed by atoms with Crippen LogP contribution in [0.15, 0.2) is 54.0 Å². The van der Waals surface area contributed by atoms with Gasteiger partial charge in [0.25, 0.3) is 0 Å². The Morgan fingerprint density at radius 1 is 1.07 bits per heavy atom. The van der Waals surface area contributed by atoms with E-state index in [2.05, 4.69) is 10.3 Å². The fourth-order valence-electron chi connectivity index (χ4n) is 4.11. The molecule has 2 aromatic heterocycles. The van der Waals surface area contributed by atoms with Crippen LogP contribution in [0.3, 0.4) is 0 Å². The summed E-state index contributed by atoms with van der Waals surface area (Å²) in [5.74, 6) is 2.58. The number of ketones is 1. The lowest BCUT2D eigenvalue weighted by atomic mass is 9.85. The predicted molar refractivity (Wildman–Crippen MR) is 110 cm³/mol. The van der Waals surface area contributed by atoms with Gasteiger partial charge >= 0.3 is 0 Å².